The summed E-state index contributed by atoms with van der Waals surface area (Å²) in [6.07, 6.45) is 0.661. The van der Waals surface area contributed by atoms with Crippen molar-refractivity contribution < 1.29 is 14.3 Å². The monoisotopic (exact) mass is 241 g/mol. The molecule has 0 N–H and O–H groups in total. The number of hydrogen-bond acceptors (Lipinski definition) is 3. The van der Waals surface area contributed by atoms with Crippen molar-refractivity contribution in [1.82, 2.24) is 4.90 Å². The molecule has 1 amide bonds. The summed E-state index contributed by atoms with van der Waals surface area (Å²) in [5, 5.41) is 0. The first-order valence-electron chi connectivity index (χ1n) is 6.44. The lowest BCUT2D eigenvalue weighted by atomic mass is 9.99. The van der Waals surface area contributed by atoms with Gasteiger partial charge in [0.1, 0.15) is 6.10 Å². The van der Waals surface area contributed by atoms with E-state index in [4.69, 9.17) is 9.47 Å². The number of rotatable bonds is 2. The number of carbonyl (C=O) groups excluding carboxylic acids is 1. The Morgan fingerprint density at radius 2 is 2.12 bits per heavy atom. The maximum atomic E-state index is 12.3. The minimum Gasteiger partial charge on any atom is -0.376 e. The lowest BCUT2D eigenvalue weighted by Crippen LogP contribution is -2.60. The predicted octanol–water partition coefficient (Wildman–Crippen LogP) is 1.44. The number of hydrogen-bond donors (Lipinski definition) is 0. The smallest absolute Gasteiger partial charge is 0.223 e. The van der Waals surface area contributed by atoms with Gasteiger partial charge in [-0.1, -0.05) is 13.8 Å². The van der Waals surface area contributed by atoms with Gasteiger partial charge in [0.2, 0.25) is 5.91 Å². The molecule has 2 aliphatic rings. The summed E-state index contributed by atoms with van der Waals surface area (Å²) in [6, 6.07) is 0.120. The van der Waals surface area contributed by atoms with Gasteiger partial charge in [0.05, 0.1) is 24.9 Å². The van der Waals surface area contributed by atoms with Crippen molar-refractivity contribution in [3.8, 4) is 0 Å². The van der Waals surface area contributed by atoms with Crippen LogP contribution < -0.4 is 0 Å². The van der Waals surface area contributed by atoms with Crippen LogP contribution in [0.4, 0.5) is 0 Å². The molecular weight excluding hydrogens is 218 g/mol. The molecule has 0 saturated carbocycles. The summed E-state index contributed by atoms with van der Waals surface area (Å²) >= 11 is 0. The number of morpholine rings is 1. The zero-order valence-corrected chi connectivity index (χ0v) is 11.2. The van der Waals surface area contributed by atoms with Crippen molar-refractivity contribution in [2.45, 2.75) is 51.9 Å². The van der Waals surface area contributed by atoms with Crippen molar-refractivity contribution in [2.24, 2.45) is 5.92 Å². The van der Waals surface area contributed by atoms with Gasteiger partial charge in [-0.2, -0.15) is 0 Å². The molecule has 0 aromatic heterocycles. The number of amides is 1. The molecule has 2 rings (SSSR count). The summed E-state index contributed by atoms with van der Waals surface area (Å²) < 4.78 is 11.4. The molecule has 0 radical (unpaired) electrons. The van der Waals surface area contributed by atoms with Crippen LogP contribution in [0.2, 0.25) is 0 Å². The molecular formula is C13H23NO3. The molecule has 0 aromatic carbocycles. The normalized spacial score (nSPS) is 31.7. The molecule has 0 aliphatic carbocycles. The fourth-order valence-electron chi connectivity index (χ4n) is 2.64. The van der Waals surface area contributed by atoms with Crippen LogP contribution >= 0.6 is 0 Å². The van der Waals surface area contributed by atoms with E-state index >= 15 is 0 Å². The highest BCUT2D eigenvalue weighted by Gasteiger charge is 2.45. The van der Waals surface area contributed by atoms with Crippen LogP contribution in [0.5, 0.6) is 0 Å². The topological polar surface area (TPSA) is 38.8 Å². The molecule has 2 fully saturated rings. The Kier molecular flexibility index (Phi) is 3.46. The van der Waals surface area contributed by atoms with Crippen LogP contribution in [0.1, 0.15) is 34.1 Å². The molecule has 0 aromatic rings. The second kappa shape index (κ2) is 4.58. The van der Waals surface area contributed by atoms with Crippen molar-refractivity contribution in [3.63, 3.8) is 0 Å². The first-order valence-corrected chi connectivity index (χ1v) is 6.44. The summed E-state index contributed by atoms with van der Waals surface area (Å²) in [5.41, 5.74) is -0.262. The molecule has 0 bridgehead atoms. The van der Waals surface area contributed by atoms with Gasteiger partial charge >= 0.3 is 0 Å². The van der Waals surface area contributed by atoms with Gasteiger partial charge in [-0.3, -0.25) is 4.79 Å². The third-order valence-corrected chi connectivity index (χ3v) is 3.32. The fourth-order valence-corrected chi connectivity index (χ4v) is 2.64. The predicted molar refractivity (Wildman–Crippen MR) is 64.7 cm³/mol. The average Bonchev–Trinajstić information content (AvgIpc) is 2.61. The summed E-state index contributed by atoms with van der Waals surface area (Å²) in [5.74, 6) is 0.631. The third kappa shape index (κ3) is 2.80. The van der Waals surface area contributed by atoms with Crippen LogP contribution in [0, 0.1) is 5.92 Å². The second-order valence-electron chi connectivity index (χ2n) is 6.14. The maximum absolute atomic E-state index is 12.3. The zero-order valence-electron chi connectivity index (χ0n) is 11.2. The zero-order chi connectivity index (χ0) is 12.6. The molecule has 4 nitrogen and oxygen atoms in total. The Morgan fingerprint density at radius 3 is 2.76 bits per heavy atom. The quantitative estimate of drug-likeness (QED) is 0.734. The SMILES string of the molecule is CC(C)CC(=O)N1CC(C)(C)O[C@@H]2COC[C@H]21. The van der Waals surface area contributed by atoms with E-state index in [1.807, 2.05) is 18.7 Å². The van der Waals surface area contributed by atoms with Gasteiger partial charge in [-0.05, 0) is 19.8 Å². The Bertz CT molecular complexity index is 301. The van der Waals surface area contributed by atoms with E-state index in [1.165, 1.54) is 0 Å². The maximum Gasteiger partial charge on any atom is 0.223 e. The number of ether oxygens (including phenoxy) is 2. The first kappa shape index (κ1) is 12.8. The van der Waals surface area contributed by atoms with Crippen LogP contribution in [-0.2, 0) is 14.3 Å². The number of nitrogens with zero attached hydrogens (tertiary/aromatic N) is 1. The summed E-state index contributed by atoms with van der Waals surface area (Å²) in [7, 11) is 0. The Labute approximate surface area is 103 Å². The molecule has 2 aliphatic heterocycles. The molecule has 0 unspecified atom stereocenters. The third-order valence-electron chi connectivity index (χ3n) is 3.32. The highest BCUT2D eigenvalue weighted by molar-refractivity contribution is 5.77. The van der Waals surface area contributed by atoms with E-state index in [2.05, 4.69) is 13.8 Å². The highest BCUT2D eigenvalue weighted by atomic mass is 16.6. The van der Waals surface area contributed by atoms with Gasteiger partial charge in [0.25, 0.3) is 0 Å². The van der Waals surface area contributed by atoms with E-state index in [1.54, 1.807) is 0 Å². The van der Waals surface area contributed by atoms with Crippen LogP contribution in [0.15, 0.2) is 0 Å². The summed E-state index contributed by atoms with van der Waals surface area (Å²) in [6.45, 7) is 10.1. The fraction of sp³-hybridized carbons (Fsp3) is 0.923. The average molecular weight is 241 g/mol. The van der Waals surface area contributed by atoms with Gasteiger partial charge in [-0.15, -0.1) is 0 Å². The molecule has 0 spiro atoms. The first-order chi connectivity index (χ1) is 7.89. The van der Waals surface area contributed by atoms with Crippen LogP contribution in [0.3, 0.4) is 0 Å². The summed E-state index contributed by atoms with van der Waals surface area (Å²) in [4.78, 5) is 14.2. The minimum atomic E-state index is -0.262. The Balaban J connectivity index is 2.10. The highest BCUT2D eigenvalue weighted by Crippen LogP contribution is 2.30. The van der Waals surface area contributed by atoms with Crippen molar-refractivity contribution in [1.29, 1.82) is 0 Å². The van der Waals surface area contributed by atoms with E-state index in [0.29, 0.717) is 32.1 Å². The Hall–Kier alpha value is -0.610. The molecule has 2 heterocycles. The standard InChI is InChI=1S/C13H23NO3/c1-9(2)5-12(15)14-8-13(3,4)17-11-7-16-6-10(11)14/h9-11H,5-8H2,1-4H3/t10-,11-/m1/s1. The lowest BCUT2D eigenvalue weighted by Gasteiger charge is -2.45. The van der Waals surface area contributed by atoms with E-state index in [9.17, 15) is 4.79 Å². The van der Waals surface area contributed by atoms with E-state index < -0.39 is 0 Å². The molecule has 17 heavy (non-hydrogen) atoms. The van der Waals surface area contributed by atoms with Gasteiger partial charge in [-0.25, -0.2) is 0 Å². The van der Waals surface area contributed by atoms with E-state index in [-0.39, 0.29) is 23.7 Å². The number of fused-ring (bicyclic) bond motifs is 1. The molecule has 2 saturated heterocycles. The lowest BCUT2D eigenvalue weighted by molar-refractivity contribution is -0.169. The van der Waals surface area contributed by atoms with Crippen molar-refractivity contribution in [3.05, 3.63) is 0 Å². The van der Waals surface area contributed by atoms with E-state index in [0.717, 1.165) is 0 Å². The van der Waals surface area contributed by atoms with Crippen LogP contribution in [-0.4, -0.2) is 48.3 Å². The minimum absolute atomic E-state index is 0.0508. The second-order valence-corrected chi connectivity index (χ2v) is 6.14. The van der Waals surface area contributed by atoms with Crippen molar-refractivity contribution >= 4 is 5.91 Å². The van der Waals surface area contributed by atoms with Gasteiger partial charge in [0, 0.05) is 13.0 Å². The molecule has 2 atom stereocenters. The largest absolute Gasteiger partial charge is 0.376 e. The Morgan fingerprint density at radius 1 is 1.41 bits per heavy atom. The van der Waals surface area contributed by atoms with Gasteiger partial charge < -0.3 is 14.4 Å². The van der Waals surface area contributed by atoms with Crippen LogP contribution in [0.25, 0.3) is 0 Å². The number of carbonyl (C=O) groups is 1. The van der Waals surface area contributed by atoms with Crippen molar-refractivity contribution in [2.75, 3.05) is 19.8 Å². The van der Waals surface area contributed by atoms with Gasteiger partial charge in [0.15, 0.2) is 0 Å². The molecule has 98 valence electrons. The molecule has 4 heteroatoms.